The third-order valence-corrected chi connectivity index (χ3v) is 2.98. The lowest BCUT2D eigenvalue weighted by molar-refractivity contribution is 0.262. The average molecular weight is 324 g/mol. The maximum absolute atomic E-state index is 13.0. The van der Waals surface area contributed by atoms with E-state index in [1.54, 1.807) is 24.3 Å². The number of anilines is 3. The Kier molecular flexibility index (Phi) is 4.01. The first kappa shape index (κ1) is 13.4. The van der Waals surface area contributed by atoms with Crippen molar-refractivity contribution >= 4 is 39.0 Å². The van der Waals surface area contributed by atoms with Gasteiger partial charge in [0.05, 0.1) is 5.69 Å². The van der Waals surface area contributed by atoms with Crippen LogP contribution in [0, 0.1) is 5.82 Å². The van der Waals surface area contributed by atoms with Crippen LogP contribution < -0.4 is 16.4 Å². The molecule has 0 radical (unpaired) electrons. The summed E-state index contributed by atoms with van der Waals surface area (Å²) in [6.45, 7) is 0. The number of urea groups is 1. The molecule has 4 N–H and O–H groups in total. The summed E-state index contributed by atoms with van der Waals surface area (Å²) < 4.78 is 13.6. The molecule has 0 aliphatic heterocycles. The molecule has 2 amide bonds. The molecule has 0 bridgehead atoms. The Morgan fingerprint density at radius 1 is 1.16 bits per heavy atom. The summed E-state index contributed by atoms with van der Waals surface area (Å²) in [7, 11) is 0. The number of nitrogen functional groups attached to an aromatic ring is 1. The van der Waals surface area contributed by atoms with Crippen LogP contribution in [0.15, 0.2) is 46.9 Å². The van der Waals surface area contributed by atoms with E-state index < -0.39 is 11.8 Å². The van der Waals surface area contributed by atoms with Crippen molar-refractivity contribution < 1.29 is 9.18 Å². The Balaban J connectivity index is 2.05. The quantitative estimate of drug-likeness (QED) is 0.735. The van der Waals surface area contributed by atoms with Gasteiger partial charge in [0.2, 0.25) is 0 Å². The minimum atomic E-state index is -0.462. The molecule has 0 aliphatic carbocycles. The molecule has 6 heteroatoms. The zero-order valence-corrected chi connectivity index (χ0v) is 11.4. The molecule has 0 saturated heterocycles. The summed E-state index contributed by atoms with van der Waals surface area (Å²) in [5, 5.41) is 5.16. The second kappa shape index (κ2) is 5.71. The van der Waals surface area contributed by atoms with E-state index in [2.05, 4.69) is 26.6 Å². The molecule has 0 saturated carbocycles. The highest BCUT2D eigenvalue weighted by Gasteiger charge is 2.06. The van der Waals surface area contributed by atoms with Gasteiger partial charge >= 0.3 is 6.03 Å². The van der Waals surface area contributed by atoms with Crippen molar-refractivity contribution in [3.63, 3.8) is 0 Å². The van der Waals surface area contributed by atoms with E-state index in [1.165, 1.54) is 18.2 Å². The van der Waals surface area contributed by atoms with Crippen LogP contribution in [0.2, 0.25) is 0 Å². The van der Waals surface area contributed by atoms with Crippen LogP contribution in [0.3, 0.4) is 0 Å². The first-order valence-electron chi connectivity index (χ1n) is 5.43. The summed E-state index contributed by atoms with van der Waals surface area (Å²) in [4.78, 5) is 11.7. The van der Waals surface area contributed by atoms with Gasteiger partial charge in [-0.2, -0.15) is 0 Å². The lowest BCUT2D eigenvalue weighted by Crippen LogP contribution is -2.19. The molecule has 0 heterocycles. The minimum Gasteiger partial charge on any atom is -0.399 e. The maximum atomic E-state index is 13.0. The maximum Gasteiger partial charge on any atom is 0.323 e. The van der Waals surface area contributed by atoms with E-state index in [-0.39, 0.29) is 0 Å². The molecule has 0 unspecified atom stereocenters. The molecule has 98 valence electrons. The molecule has 2 aromatic carbocycles. The second-order valence-electron chi connectivity index (χ2n) is 3.83. The molecule has 19 heavy (non-hydrogen) atoms. The number of hydrogen-bond donors (Lipinski definition) is 3. The van der Waals surface area contributed by atoms with E-state index in [9.17, 15) is 9.18 Å². The molecule has 0 fully saturated rings. The van der Waals surface area contributed by atoms with Crippen LogP contribution in [0.1, 0.15) is 0 Å². The summed E-state index contributed by atoms with van der Waals surface area (Å²) >= 11 is 3.29. The van der Waals surface area contributed by atoms with Crippen molar-refractivity contribution in [2.75, 3.05) is 16.4 Å². The monoisotopic (exact) mass is 323 g/mol. The number of halogens is 2. The van der Waals surface area contributed by atoms with E-state index in [4.69, 9.17) is 5.73 Å². The lowest BCUT2D eigenvalue weighted by Gasteiger charge is -2.09. The zero-order valence-electron chi connectivity index (χ0n) is 9.78. The van der Waals surface area contributed by atoms with E-state index >= 15 is 0 Å². The van der Waals surface area contributed by atoms with Crippen LogP contribution in [-0.2, 0) is 0 Å². The highest BCUT2D eigenvalue weighted by Crippen LogP contribution is 2.24. The van der Waals surface area contributed by atoms with Gasteiger partial charge in [-0.25, -0.2) is 9.18 Å². The highest BCUT2D eigenvalue weighted by molar-refractivity contribution is 9.10. The number of nitrogens with two attached hydrogens (primary N) is 1. The third-order valence-electron chi connectivity index (χ3n) is 2.32. The fourth-order valence-corrected chi connectivity index (χ4v) is 1.98. The van der Waals surface area contributed by atoms with Crippen molar-refractivity contribution in [3.05, 3.63) is 52.8 Å². The molecule has 2 aromatic rings. The Morgan fingerprint density at radius 3 is 2.63 bits per heavy atom. The van der Waals surface area contributed by atoms with Crippen molar-refractivity contribution in [3.8, 4) is 0 Å². The van der Waals surface area contributed by atoms with Gasteiger partial charge in [0, 0.05) is 15.8 Å². The fraction of sp³-hybridized carbons (Fsp3) is 0. The van der Waals surface area contributed by atoms with Crippen molar-refractivity contribution in [2.24, 2.45) is 0 Å². The summed E-state index contributed by atoms with van der Waals surface area (Å²) in [6, 6.07) is 10.2. The first-order valence-corrected chi connectivity index (χ1v) is 6.22. The summed E-state index contributed by atoms with van der Waals surface area (Å²) in [5.41, 5.74) is 7.14. The van der Waals surface area contributed by atoms with Gasteiger partial charge in [-0.05, 0) is 52.3 Å². The van der Waals surface area contributed by atoms with Gasteiger partial charge in [-0.1, -0.05) is 6.07 Å². The predicted octanol–water partition coefficient (Wildman–Crippen LogP) is 3.81. The first-order chi connectivity index (χ1) is 9.04. The van der Waals surface area contributed by atoms with Crippen LogP contribution in [-0.4, -0.2) is 6.03 Å². The van der Waals surface area contributed by atoms with Gasteiger partial charge in [0.25, 0.3) is 0 Å². The van der Waals surface area contributed by atoms with E-state index in [1.807, 2.05) is 0 Å². The number of amides is 2. The predicted molar refractivity (Wildman–Crippen MR) is 77.6 cm³/mol. The fourth-order valence-electron chi connectivity index (χ4n) is 1.48. The average Bonchev–Trinajstić information content (AvgIpc) is 2.33. The largest absolute Gasteiger partial charge is 0.399 e. The minimum absolute atomic E-state index is 0.379. The van der Waals surface area contributed by atoms with Gasteiger partial charge in [0.1, 0.15) is 5.82 Å². The third kappa shape index (κ3) is 3.69. The zero-order chi connectivity index (χ0) is 13.8. The van der Waals surface area contributed by atoms with Crippen LogP contribution in [0.4, 0.5) is 26.2 Å². The van der Waals surface area contributed by atoms with Crippen LogP contribution >= 0.6 is 15.9 Å². The smallest absolute Gasteiger partial charge is 0.323 e. The molecule has 0 spiro atoms. The molecule has 0 atom stereocenters. The topological polar surface area (TPSA) is 67.1 Å². The number of rotatable bonds is 2. The Morgan fingerprint density at radius 2 is 1.95 bits per heavy atom. The molecular weight excluding hydrogens is 313 g/mol. The van der Waals surface area contributed by atoms with Gasteiger partial charge in [0.15, 0.2) is 0 Å². The van der Waals surface area contributed by atoms with Crippen molar-refractivity contribution in [2.45, 2.75) is 0 Å². The number of carbonyl (C=O) groups is 1. The Hall–Kier alpha value is -2.08. The SMILES string of the molecule is Nc1ccc(NC(=O)Nc2cccc(F)c2)c(Br)c1. The molecule has 4 nitrogen and oxygen atoms in total. The Labute approximate surface area is 117 Å². The van der Waals surface area contributed by atoms with Gasteiger partial charge in [-0.15, -0.1) is 0 Å². The Bertz CT molecular complexity index is 619. The van der Waals surface area contributed by atoms with Crippen LogP contribution in [0.5, 0.6) is 0 Å². The summed E-state index contributed by atoms with van der Waals surface area (Å²) in [6.07, 6.45) is 0. The molecular formula is C13H11BrFN3O. The highest BCUT2D eigenvalue weighted by atomic mass is 79.9. The van der Waals surface area contributed by atoms with E-state index in [0.717, 1.165) is 0 Å². The van der Waals surface area contributed by atoms with Gasteiger partial charge < -0.3 is 16.4 Å². The van der Waals surface area contributed by atoms with E-state index in [0.29, 0.717) is 21.5 Å². The van der Waals surface area contributed by atoms with Crippen molar-refractivity contribution in [1.82, 2.24) is 0 Å². The number of hydrogen-bond acceptors (Lipinski definition) is 2. The normalized spacial score (nSPS) is 10.0. The number of benzene rings is 2. The number of nitrogens with one attached hydrogen (secondary N) is 2. The lowest BCUT2D eigenvalue weighted by atomic mass is 10.3. The summed E-state index contributed by atoms with van der Waals surface area (Å²) in [5.74, 6) is -0.411. The molecule has 0 aliphatic rings. The number of carbonyl (C=O) groups excluding carboxylic acids is 1. The standard InChI is InChI=1S/C13H11BrFN3O/c14-11-7-9(16)4-5-12(11)18-13(19)17-10-3-1-2-8(15)6-10/h1-7H,16H2,(H2,17,18,19). The second-order valence-corrected chi connectivity index (χ2v) is 4.68. The molecule has 2 rings (SSSR count). The van der Waals surface area contributed by atoms with Crippen LogP contribution in [0.25, 0.3) is 0 Å². The van der Waals surface area contributed by atoms with Gasteiger partial charge in [-0.3, -0.25) is 0 Å². The molecule has 0 aromatic heterocycles. The van der Waals surface area contributed by atoms with Crippen molar-refractivity contribution in [1.29, 1.82) is 0 Å².